The summed E-state index contributed by atoms with van der Waals surface area (Å²) in [6.07, 6.45) is 0.309. The molecule has 0 heterocycles. The molecule has 0 saturated heterocycles. The summed E-state index contributed by atoms with van der Waals surface area (Å²) in [5, 5.41) is 0. The summed E-state index contributed by atoms with van der Waals surface area (Å²) >= 11 is 0. The van der Waals surface area contributed by atoms with Gasteiger partial charge in [0.1, 0.15) is 0 Å². The van der Waals surface area contributed by atoms with Crippen LogP contribution < -0.4 is 0 Å². The number of halogens is 1. The Bertz CT molecular complexity index is 284. The Morgan fingerprint density at radius 1 is 1.46 bits per heavy atom. The first-order valence-corrected chi connectivity index (χ1v) is 5.35. The normalized spacial score (nSPS) is 9.69. The monoisotopic (exact) mass is 216 g/mol. The molecule has 0 saturated carbocycles. The first kappa shape index (κ1) is 10.4. The molecule has 13 heavy (non-hydrogen) atoms. The highest BCUT2D eigenvalue weighted by Gasteiger charge is 2.01. The summed E-state index contributed by atoms with van der Waals surface area (Å²) in [6, 6.07) is 7.47. The summed E-state index contributed by atoms with van der Waals surface area (Å²) in [5.74, 6) is -0.230. The molecular weight excluding hydrogens is 208 g/mol. The first-order valence-electron chi connectivity index (χ1n) is 3.70. The van der Waals surface area contributed by atoms with Crippen molar-refractivity contribution in [3.63, 3.8) is 0 Å². The molecule has 2 nitrogen and oxygen atoms in total. The minimum Gasteiger partial charge on any atom is -0.469 e. The molecule has 0 amide bonds. The second kappa shape index (κ2) is 5.14. The van der Waals surface area contributed by atoms with Crippen LogP contribution in [-0.4, -0.2) is 13.1 Å². The molecule has 4 heteroatoms. The van der Waals surface area contributed by atoms with Crippen LogP contribution in [0.2, 0.25) is 0 Å². The van der Waals surface area contributed by atoms with Crippen LogP contribution in [0.3, 0.4) is 0 Å². The van der Waals surface area contributed by atoms with Gasteiger partial charge >= 0.3 is 5.97 Å². The number of carbonyl (C=O) groups is 1. The highest BCUT2D eigenvalue weighted by atomic mass is 35.7. The number of ether oxygens (including phenoxy) is 1. The molecular formula is C9H9ClO2S. The molecule has 0 aliphatic heterocycles. The van der Waals surface area contributed by atoms with E-state index < -0.39 is 0 Å². The molecule has 0 unspecified atom stereocenters. The van der Waals surface area contributed by atoms with Crippen molar-refractivity contribution >= 4 is 27.6 Å². The molecule has 0 aliphatic rings. The Kier molecular flexibility index (Phi) is 4.12. The van der Waals surface area contributed by atoms with E-state index in [1.54, 1.807) is 0 Å². The molecule has 0 N–H and O–H groups in total. The quantitative estimate of drug-likeness (QED) is 0.727. The van der Waals surface area contributed by atoms with Crippen LogP contribution in [0.4, 0.5) is 0 Å². The van der Waals surface area contributed by atoms with E-state index in [0.717, 1.165) is 21.4 Å². The van der Waals surface area contributed by atoms with Gasteiger partial charge < -0.3 is 4.74 Å². The van der Waals surface area contributed by atoms with Crippen molar-refractivity contribution in [2.45, 2.75) is 11.3 Å². The Labute approximate surface area is 85.7 Å². The van der Waals surface area contributed by atoms with Crippen molar-refractivity contribution < 1.29 is 9.53 Å². The summed E-state index contributed by atoms with van der Waals surface area (Å²) in [4.78, 5) is 11.9. The molecule has 0 aromatic heterocycles. The standard InChI is InChI=1S/C9H9ClO2S/c1-12-9(11)6-7-2-4-8(13-10)5-3-7/h2-5H,6H2,1H3. The molecule has 1 aromatic rings. The lowest BCUT2D eigenvalue weighted by atomic mass is 10.2. The van der Waals surface area contributed by atoms with E-state index in [-0.39, 0.29) is 5.97 Å². The molecule has 1 aromatic carbocycles. The summed E-state index contributed by atoms with van der Waals surface area (Å²) < 4.78 is 4.54. The van der Waals surface area contributed by atoms with Gasteiger partial charge in [-0.2, -0.15) is 0 Å². The number of rotatable bonds is 3. The van der Waals surface area contributed by atoms with E-state index in [2.05, 4.69) is 4.74 Å². The summed E-state index contributed by atoms with van der Waals surface area (Å²) in [6.45, 7) is 0. The number of methoxy groups -OCH3 is 1. The van der Waals surface area contributed by atoms with Crippen molar-refractivity contribution in [1.29, 1.82) is 0 Å². The molecule has 70 valence electrons. The number of hydrogen-bond donors (Lipinski definition) is 0. The zero-order chi connectivity index (χ0) is 9.68. The molecule has 0 bridgehead atoms. The minimum atomic E-state index is -0.230. The van der Waals surface area contributed by atoms with Crippen molar-refractivity contribution in [1.82, 2.24) is 0 Å². The zero-order valence-electron chi connectivity index (χ0n) is 7.12. The minimum absolute atomic E-state index is 0.230. The summed E-state index contributed by atoms with van der Waals surface area (Å²) in [7, 11) is 8.08. The van der Waals surface area contributed by atoms with Gasteiger partial charge in [-0.1, -0.05) is 12.1 Å². The van der Waals surface area contributed by atoms with E-state index in [1.165, 1.54) is 7.11 Å². The maximum Gasteiger partial charge on any atom is 0.309 e. The predicted octanol–water partition coefficient (Wildman–Crippen LogP) is 2.65. The molecule has 0 aliphatic carbocycles. The maximum absolute atomic E-state index is 10.9. The van der Waals surface area contributed by atoms with Crippen molar-refractivity contribution in [2.24, 2.45) is 0 Å². The molecule has 0 spiro atoms. The molecule has 1 rings (SSSR count). The van der Waals surface area contributed by atoms with Crippen LogP contribution in [0, 0.1) is 0 Å². The number of benzene rings is 1. The predicted molar refractivity (Wildman–Crippen MR) is 53.9 cm³/mol. The van der Waals surface area contributed by atoms with Gasteiger partial charge in [0.15, 0.2) is 0 Å². The van der Waals surface area contributed by atoms with Crippen molar-refractivity contribution in [3.05, 3.63) is 29.8 Å². The third kappa shape index (κ3) is 3.28. The van der Waals surface area contributed by atoms with Crippen molar-refractivity contribution in [3.8, 4) is 0 Å². The number of hydrogen-bond acceptors (Lipinski definition) is 3. The van der Waals surface area contributed by atoms with Gasteiger partial charge in [-0.3, -0.25) is 4.79 Å². The SMILES string of the molecule is COC(=O)Cc1ccc(SCl)cc1. The first-order chi connectivity index (χ1) is 6.26. The Balaban J connectivity index is 2.64. The van der Waals surface area contributed by atoms with Crippen LogP contribution in [0.25, 0.3) is 0 Å². The van der Waals surface area contributed by atoms with Gasteiger partial charge in [0, 0.05) is 4.90 Å². The van der Waals surface area contributed by atoms with Crippen LogP contribution in [-0.2, 0) is 16.0 Å². The Hall–Kier alpha value is -0.670. The number of esters is 1. The van der Waals surface area contributed by atoms with E-state index in [1.807, 2.05) is 24.3 Å². The van der Waals surface area contributed by atoms with Gasteiger partial charge in [0.2, 0.25) is 0 Å². The van der Waals surface area contributed by atoms with Crippen LogP contribution >= 0.6 is 21.7 Å². The topological polar surface area (TPSA) is 26.3 Å². The Morgan fingerprint density at radius 2 is 2.08 bits per heavy atom. The van der Waals surface area contributed by atoms with Crippen molar-refractivity contribution in [2.75, 3.05) is 7.11 Å². The van der Waals surface area contributed by atoms with Gasteiger partial charge in [-0.15, -0.1) is 0 Å². The second-order valence-electron chi connectivity index (χ2n) is 2.47. The largest absolute Gasteiger partial charge is 0.469 e. The van der Waals surface area contributed by atoms with E-state index in [0.29, 0.717) is 6.42 Å². The number of carbonyl (C=O) groups excluding carboxylic acids is 1. The Morgan fingerprint density at radius 3 is 2.54 bits per heavy atom. The average Bonchev–Trinajstić information content (AvgIpc) is 2.19. The van der Waals surface area contributed by atoms with Gasteiger partial charge in [0.25, 0.3) is 0 Å². The lowest BCUT2D eigenvalue weighted by molar-refractivity contribution is -0.139. The van der Waals surface area contributed by atoms with Gasteiger partial charge in [-0.05, 0) is 39.4 Å². The third-order valence-corrected chi connectivity index (χ3v) is 2.57. The average molecular weight is 217 g/mol. The van der Waals surface area contributed by atoms with Crippen LogP contribution in [0.5, 0.6) is 0 Å². The molecule has 0 atom stereocenters. The fraction of sp³-hybridized carbons (Fsp3) is 0.222. The van der Waals surface area contributed by atoms with Crippen LogP contribution in [0.15, 0.2) is 29.2 Å². The highest BCUT2D eigenvalue weighted by molar-refractivity contribution is 8.21. The fourth-order valence-electron chi connectivity index (χ4n) is 0.898. The fourth-order valence-corrected chi connectivity index (χ4v) is 1.45. The van der Waals surface area contributed by atoms with Gasteiger partial charge in [0.05, 0.1) is 13.5 Å². The molecule has 0 fully saturated rings. The molecule has 0 radical (unpaired) electrons. The smallest absolute Gasteiger partial charge is 0.309 e. The van der Waals surface area contributed by atoms with E-state index in [4.69, 9.17) is 10.7 Å². The highest BCUT2D eigenvalue weighted by Crippen LogP contribution is 2.21. The van der Waals surface area contributed by atoms with Crippen LogP contribution in [0.1, 0.15) is 5.56 Å². The van der Waals surface area contributed by atoms with Gasteiger partial charge in [-0.25, -0.2) is 0 Å². The van der Waals surface area contributed by atoms with E-state index >= 15 is 0 Å². The lowest BCUT2D eigenvalue weighted by Gasteiger charge is -2.00. The maximum atomic E-state index is 10.9. The lowest BCUT2D eigenvalue weighted by Crippen LogP contribution is -2.03. The third-order valence-electron chi connectivity index (χ3n) is 1.59. The summed E-state index contributed by atoms with van der Waals surface area (Å²) in [5.41, 5.74) is 0.932. The van der Waals surface area contributed by atoms with E-state index in [9.17, 15) is 4.79 Å². The second-order valence-corrected chi connectivity index (χ2v) is 3.56. The zero-order valence-corrected chi connectivity index (χ0v) is 8.69.